The summed E-state index contributed by atoms with van der Waals surface area (Å²) in [7, 11) is 0. The van der Waals surface area contributed by atoms with Gasteiger partial charge in [0.05, 0.1) is 25.2 Å². The Morgan fingerprint density at radius 2 is 1.91 bits per heavy atom. The van der Waals surface area contributed by atoms with Crippen molar-refractivity contribution in [3.8, 4) is 0 Å². The first-order chi connectivity index (χ1) is 16.9. The fourth-order valence-electron chi connectivity index (χ4n) is 4.22. The van der Waals surface area contributed by atoms with Crippen LogP contribution in [-0.2, 0) is 20.7 Å². The number of amides is 2. The lowest BCUT2D eigenvalue weighted by Gasteiger charge is -2.28. The Kier molecular flexibility index (Phi) is 8.30. The van der Waals surface area contributed by atoms with Gasteiger partial charge in [-0.05, 0) is 44.0 Å². The molecule has 186 valence electrons. The molecule has 1 fully saturated rings. The molecule has 1 unspecified atom stereocenters. The Hall–Kier alpha value is -3.04. The summed E-state index contributed by atoms with van der Waals surface area (Å²) in [5, 5.41) is 2.92. The van der Waals surface area contributed by atoms with Crippen LogP contribution in [-0.4, -0.2) is 59.8 Å². The van der Waals surface area contributed by atoms with Gasteiger partial charge in [-0.2, -0.15) is 0 Å². The third-order valence-corrected chi connectivity index (χ3v) is 7.14. The van der Waals surface area contributed by atoms with Crippen molar-refractivity contribution in [2.24, 2.45) is 5.92 Å². The van der Waals surface area contributed by atoms with Crippen LogP contribution in [0.4, 0.5) is 0 Å². The molecule has 2 atom stereocenters. The van der Waals surface area contributed by atoms with Gasteiger partial charge < -0.3 is 19.4 Å². The minimum absolute atomic E-state index is 0.0141. The number of aryl methyl sites for hydroxylation is 1. The van der Waals surface area contributed by atoms with E-state index in [0.717, 1.165) is 9.75 Å². The molecular weight excluding hydrogens is 466 g/mol. The maximum absolute atomic E-state index is 13.5. The number of benzene rings is 1. The van der Waals surface area contributed by atoms with Crippen LogP contribution in [0, 0.1) is 12.8 Å². The maximum Gasteiger partial charge on any atom is 0.266 e. The molecule has 0 aliphatic carbocycles. The summed E-state index contributed by atoms with van der Waals surface area (Å²) in [5.41, 5.74) is 1.12. The quantitative estimate of drug-likeness (QED) is 0.428. The van der Waals surface area contributed by atoms with Crippen molar-refractivity contribution in [3.63, 3.8) is 0 Å². The van der Waals surface area contributed by atoms with Crippen LogP contribution in [0.25, 0.3) is 11.1 Å². The molecule has 8 nitrogen and oxygen atoms in total. The number of Topliss-reactive ketones (excluding diaryl/α,β-unsaturated/α-hetero) is 1. The number of carbonyl (C=O) groups excluding carboxylic acids is 3. The molecule has 1 N–H and O–H groups in total. The number of morpholine rings is 1. The first-order valence-electron chi connectivity index (χ1n) is 12.1. The fourth-order valence-corrected chi connectivity index (χ4v) is 5.19. The molecule has 3 heterocycles. The number of oxazole rings is 1. The van der Waals surface area contributed by atoms with E-state index in [1.165, 1.54) is 0 Å². The van der Waals surface area contributed by atoms with Crippen LogP contribution < -0.4 is 5.32 Å². The van der Waals surface area contributed by atoms with E-state index in [1.807, 2.05) is 38.1 Å². The molecule has 9 heteroatoms. The number of aromatic nitrogens is 1. The highest BCUT2D eigenvalue weighted by Crippen LogP contribution is 2.23. The van der Waals surface area contributed by atoms with Crippen LogP contribution in [0.5, 0.6) is 0 Å². The summed E-state index contributed by atoms with van der Waals surface area (Å²) in [4.78, 5) is 47.9. The molecule has 1 saturated heterocycles. The smallest absolute Gasteiger partial charge is 0.266 e. The van der Waals surface area contributed by atoms with Gasteiger partial charge in [-0.25, -0.2) is 4.98 Å². The number of fused-ring (bicyclic) bond motifs is 1. The SMILES string of the molecule is CCCC(NC(=O)[C@@H](CC(=O)N1CCOCC1)Cc1ccc(C)s1)C(=O)c1nc2ccccc2o1. The monoisotopic (exact) mass is 497 g/mol. The lowest BCUT2D eigenvalue weighted by molar-refractivity contribution is -0.139. The van der Waals surface area contributed by atoms with E-state index in [1.54, 1.807) is 28.4 Å². The highest BCUT2D eigenvalue weighted by atomic mass is 32.1. The van der Waals surface area contributed by atoms with Crippen LogP contribution in [0.2, 0.25) is 0 Å². The Bertz CT molecular complexity index is 1150. The number of para-hydroxylation sites is 2. The van der Waals surface area contributed by atoms with Crippen LogP contribution >= 0.6 is 11.3 Å². The van der Waals surface area contributed by atoms with E-state index < -0.39 is 12.0 Å². The van der Waals surface area contributed by atoms with Crippen LogP contribution in [0.3, 0.4) is 0 Å². The normalized spacial score (nSPS) is 15.7. The van der Waals surface area contributed by atoms with Gasteiger partial charge in [-0.3, -0.25) is 14.4 Å². The predicted molar refractivity (Wildman–Crippen MR) is 133 cm³/mol. The topological polar surface area (TPSA) is 102 Å². The van der Waals surface area contributed by atoms with E-state index >= 15 is 0 Å². The molecule has 1 aliphatic heterocycles. The van der Waals surface area contributed by atoms with E-state index in [-0.39, 0.29) is 29.9 Å². The van der Waals surface area contributed by atoms with E-state index in [9.17, 15) is 14.4 Å². The largest absolute Gasteiger partial charge is 0.434 e. The molecule has 0 spiro atoms. The van der Waals surface area contributed by atoms with Crippen LogP contribution in [0.1, 0.15) is 46.6 Å². The molecule has 0 saturated carbocycles. The Morgan fingerprint density at radius 1 is 1.14 bits per heavy atom. The Balaban J connectivity index is 1.50. The van der Waals surface area contributed by atoms with Gasteiger partial charge in [0, 0.05) is 29.3 Å². The predicted octanol–water partition coefficient (Wildman–Crippen LogP) is 3.77. The molecular formula is C26H31N3O5S. The molecule has 4 rings (SSSR count). The zero-order chi connectivity index (χ0) is 24.8. The summed E-state index contributed by atoms with van der Waals surface area (Å²) >= 11 is 1.61. The molecule has 1 aromatic carbocycles. The fraction of sp³-hybridized carbons (Fsp3) is 0.462. The number of ketones is 1. The second-order valence-corrected chi connectivity index (χ2v) is 10.2. The molecule has 0 radical (unpaired) electrons. The number of hydrogen-bond donors (Lipinski definition) is 1. The van der Waals surface area contributed by atoms with Crippen molar-refractivity contribution < 1.29 is 23.5 Å². The van der Waals surface area contributed by atoms with Gasteiger partial charge in [0.1, 0.15) is 5.52 Å². The zero-order valence-corrected chi connectivity index (χ0v) is 20.9. The first-order valence-corrected chi connectivity index (χ1v) is 12.9. The summed E-state index contributed by atoms with van der Waals surface area (Å²) in [6, 6.07) is 10.4. The summed E-state index contributed by atoms with van der Waals surface area (Å²) in [5.74, 6) is -1.33. The third kappa shape index (κ3) is 6.35. The molecule has 0 bridgehead atoms. The number of rotatable bonds is 10. The van der Waals surface area contributed by atoms with Gasteiger partial charge in [-0.1, -0.05) is 25.5 Å². The highest BCUT2D eigenvalue weighted by molar-refractivity contribution is 7.11. The van der Waals surface area contributed by atoms with Gasteiger partial charge in [0.15, 0.2) is 5.58 Å². The van der Waals surface area contributed by atoms with Gasteiger partial charge in [-0.15, -0.1) is 11.3 Å². The summed E-state index contributed by atoms with van der Waals surface area (Å²) in [6.07, 6.45) is 1.67. The second kappa shape index (κ2) is 11.6. The van der Waals surface area contributed by atoms with Crippen molar-refractivity contribution in [1.29, 1.82) is 0 Å². The highest BCUT2D eigenvalue weighted by Gasteiger charge is 2.31. The Labute approximate surface area is 208 Å². The minimum atomic E-state index is -0.772. The standard InChI is InChI=1S/C26H31N3O5S/c1-3-6-21(24(31)26-28-20-7-4-5-8-22(20)34-26)27-25(32)18(15-19-10-9-17(2)35-19)16-23(30)29-11-13-33-14-12-29/h4-5,7-10,18,21H,3,6,11-16H2,1-2H3,(H,27,32)/t18-,21?/m1/s1. The molecule has 2 amide bonds. The zero-order valence-electron chi connectivity index (χ0n) is 20.1. The van der Waals surface area contributed by atoms with Crippen molar-refractivity contribution >= 4 is 40.0 Å². The molecule has 35 heavy (non-hydrogen) atoms. The first kappa shape index (κ1) is 25.1. The van der Waals surface area contributed by atoms with E-state index in [2.05, 4.69) is 10.3 Å². The van der Waals surface area contributed by atoms with Crippen molar-refractivity contribution in [2.45, 2.75) is 45.6 Å². The Morgan fingerprint density at radius 3 is 2.60 bits per heavy atom. The van der Waals surface area contributed by atoms with Crippen molar-refractivity contribution in [2.75, 3.05) is 26.3 Å². The van der Waals surface area contributed by atoms with Gasteiger partial charge >= 0.3 is 0 Å². The minimum Gasteiger partial charge on any atom is -0.434 e. The van der Waals surface area contributed by atoms with Crippen molar-refractivity contribution in [3.05, 3.63) is 52.0 Å². The number of ether oxygens (including phenoxy) is 1. The summed E-state index contributed by atoms with van der Waals surface area (Å²) < 4.78 is 11.0. The second-order valence-electron chi connectivity index (χ2n) is 8.81. The maximum atomic E-state index is 13.5. The number of hydrogen-bond acceptors (Lipinski definition) is 7. The number of thiophene rings is 1. The van der Waals surface area contributed by atoms with Gasteiger partial charge in [0.25, 0.3) is 5.89 Å². The summed E-state index contributed by atoms with van der Waals surface area (Å²) in [6.45, 7) is 6.03. The lowest BCUT2D eigenvalue weighted by Crippen LogP contribution is -2.46. The van der Waals surface area contributed by atoms with E-state index in [0.29, 0.717) is 56.7 Å². The number of carbonyl (C=O) groups is 3. The lowest BCUT2D eigenvalue weighted by atomic mass is 9.96. The van der Waals surface area contributed by atoms with Crippen LogP contribution in [0.15, 0.2) is 40.8 Å². The van der Waals surface area contributed by atoms with Gasteiger partial charge in [0.2, 0.25) is 17.6 Å². The molecule has 2 aromatic heterocycles. The van der Waals surface area contributed by atoms with Crippen molar-refractivity contribution in [1.82, 2.24) is 15.2 Å². The average Bonchev–Trinajstić information content (AvgIpc) is 3.49. The third-order valence-electron chi connectivity index (χ3n) is 6.11. The average molecular weight is 498 g/mol. The number of nitrogens with zero attached hydrogens (tertiary/aromatic N) is 2. The van der Waals surface area contributed by atoms with E-state index in [4.69, 9.17) is 9.15 Å². The molecule has 3 aromatic rings. The number of nitrogens with one attached hydrogen (secondary N) is 1. The molecule has 1 aliphatic rings.